The fourth-order valence-corrected chi connectivity index (χ4v) is 2.43. The smallest absolute Gasteiger partial charge is 0.271 e. The van der Waals surface area contributed by atoms with E-state index in [1.807, 2.05) is 13.8 Å². The van der Waals surface area contributed by atoms with E-state index in [2.05, 4.69) is 5.32 Å². The van der Waals surface area contributed by atoms with Crippen LogP contribution in [0.15, 0.2) is 30.3 Å². The monoisotopic (exact) mass is 362 g/mol. The minimum Gasteiger partial charge on any atom is -0.481 e. The van der Waals surface area contributed by atoms with Crippen LogP contribution in [0.2, 0.25) is 5.02 Å². The molecule has 2 aromatic carbocycles. The van der Waals surface area contributed by atoms with Crippen molar-refractivity contribution in [3.63, 3.8) is 0 Å². The summed E-state index contributed by atoms with van der Waals surface area (Å²) in [6.07, 6.45) is -0.779. The largest absolute Gasteiger partial charge is 0.481 e. The SMILES string of the molecule is Cc1ccc([N+](=O)[O-])cc1NC(=O)[C@@H](C)Oc1cc(C)c(Cl)c(C)c1. The summed E-state index contributed by atoms with van der Waals surface area (Å²) in [6, 6.07) is 7.83. The third kappa shape index (κ3) is 4.48. The van der Waals surface area contributed by atoms with Gasteiger partial charge in [0, 0.05) is 17.2 Å². The molecule has 0 radical (unpaired) electrons. The Bertz CT molecular complexity index is 813. The maximum atomic E-state index is 12.4. The molecule has 1 atom stereocenters. The number of nitrogens with zero attached hydrogens (tertiary/aromatic N) is 1. The summed E-state index contributed by atoms with van der Waals surface area (Å²) in [5, 5.41) is 14.2. The number of carbonyl (C=O) groups excluding carboxylic acids is 1. The minimum absolute atomic E-state index is 0.0848. The number of carbonyl (C=O) groups is 1. The maximum Gasteiger partial charge on any atom is 0.271 e. The number of rotatable bonds is 5. The van der Waals surface area contributed by atoms with E-state index in [4.69, 9.17) is 16.3 Å². The zero-order valence-corrected chi connectivity index (χ0v) is 15.2. The van der Waals surface area contributed by atoms with Gasteiger partial charge in [-0.05, 0) is 56.5 Å². The summed E-state index contributed by atoms with van der Waals surface area (Å²) in [5.74, 6) is 0.145. The number of ether oxygens (including phenoxy) is 1. The van der Waals surface area contributed by atoms with E-state index in [1.165, 1.54) is 12.1 Å². The number of hydrogen-bond donors (Lipinski definition) is 1. The Balaban J connectivity index is 2.13. The Morgan fingerprint density at radius 1 is 1.16 bits per heavy atom. The summed E-state index contributed by atoms with van der Waals surface area (Å²) in [7, 11) is 0. The summed E-state index contributed by atoms with van der Waals surface area (Å²) in [4.78, 5) is 22.7. The van der Waals surface area contributed by atoms with Crippen molar-refractivity contribution in [3.8, 4) is 5.75 Å². The first-order valence-electron chi connectivity index (χ1n) is 7.68. The van der Waals surface area contributed by atoms with Gasteiger partial charge in [0.2, 0.25) is 0 Å². The molecule has 0 aliphatic rings. The van der Waals surface area contributed by atoms with E-state index >= 15 is 0 Å². The molecular formula is C18H19ClN2O4. The molecule has 2 aromatic rings. The number of hydrogen-bond acceptors (Lipinski definition) is 4. The average molecular weight is 363 g/mol. The van der Waals surface area contributed by atoms with Crippen LogP contribution in [0, 0.1) is 30.9 Å². The van der Waals surface area contributed by atoms with Gasteiger partial charge in [0.1, 0.15) is 5.75 Å². The fourth-order valence-electron chi connectivity index (χ4n) is 2.32. The minimum atomic E-state index is -0.779. The lowest BCUT2D eigenvalue weighted by atomic mass is 10.1. The number of nitro benzene ring substituents is 1. The molecule has 0 spiro atoms. The molecule has 0 bridgehead atoms. The van der Waals surface area contributed by atoms with Crippen molar-refractivity contribution in [2.24, 2.45) is 0 Å². The standard InChI is InChI=1S/C18H19ClN2O4/c1-10-5-6-14(21(23)24)9-16(10)20-18(22)13(4)25-15-7-11(2)17(19)12(3)8-15/h5-9,13H,1-4H3,(H,20,22)/t13-/m1/s1. The molecule has 0 heterocycles. The number of benzene rings is 2. The Morgan fingerprint density at radius 3 is 2.32 bits per heavy atom. The lowest BCUT2D eigenvalue weighted by Gasteiger charge is -2.17. The van der Waals surface area contributed by atoms with Gasteiger partial charge in [0.15, 0.2) is 6.10 Å². The van der Waals surface area contributed by atoms with Gasteiger partial charge in [-0.1, -0.05) is 17.7 Å². The van der Waals surface area contributed by atoms with Crippen molar-refractivity contribution in [2.75, 3.05) is 5.32 Å². The number of nitrogens with one attached hydrogen (secondary N) is 1. The third-order valence-electron chi connectivity index (χ3n) is 3.78. The highest BCUT2D eigenvalue weighted by Crippen LogP contribution is 2.27. The second kappa shape index (κ2) is 7.53. The first-order chi connectivity index (χ1) is 11.7. The van der Waals surface area contributed by atoms with Crippen molar-refractivity contribution in [1.82, 2.24) is 0 Å². The molecule has 1 N–H and O–H groups in total. The number of halogens is 1. The normalized spacial score (nSPS) is 11.7. The van der Waals surface area contributed by atoms with Crippen LogP contribution >= 0.6 is 11.6 Å². The lowest BCUT2D eigenvalue weighted by molar-refractivity contribution is -0.384. The molecule has 6 nitrogen and oxygen atoms in total. The highest BCUT2D eigenvalue weighted by Gasteiger charge is 2.18. The summed E-state index contributed by atoms with van der Waals surface area (Å²) < 4.78 is 5.68. The van der Waals surface area contributed by atoms with Gasteiger partial charge in [0.05, 0.1) is 10.6 Å². The number of non-ortho nitro benzene ring substituents is 1. The van der Waals surface area contributed by atoms with E-state index in [0.717, 1.165) is 16.7 Å². The molecule has 0 aliphatic heterocycles. The van der Waals surface area contributed by atoms with Gasteiger partial charge in [-0.3, -0.25) is 14.9 Å². The third-order valence-corrected chi connectivity index (χ3v) is 4.38. The van der Waals surface area contributed by atoms with Crippen molar-refractivity contribution in [1.29, 1.82) is 0 Å². The highest BCUT2D eigenvalue weighted by molar-refractivity contribution is 6.32. The second-order valence-corrected chi connectivity index (χ2v) is 6.25. The molecule has 0 saturated heterocycles. The first kappa shape index (κ1) is 18.7. The molecule has 25 heavy (non-hydrogen) atoms. The zero-order chi connectivity index (χ0) is 18.7. The number of amides is 1. The fraction of sp³-hybridized carbons (Fsp3) is 0.278. The van der Waals surface area contributed by atoms with Crippen LogP contribution in [-0.4, -0.2) is 16.9 Å². The summed E-state index contributed by atoms with van der Waals surface area (Å²) >= 11 is 6.12. The highest BCUT2D eigenvalue weighted by atomic mass is 35.5. The number of anilines is 1. The lowest BCUT2D eigenvalue weighted by Crippen LogP contribution is -2.30. The maximum absolute atomic E-state index is 12.4. The molecule has 2 rings (SSSR count). The van der Waals surface area contributed by atoms with Crippen molar-refractivity contribution in [3.05, 3.63) is 62.2 Å². The molecule has 0 aromatic heterocycles. The second-order valence-electron chi connectivity index (χ2n) is 5.88. The van der Waals surface area contributed by atoms with Crippen LogP contribution in [-0.2, 0) is 4.79 Å². The quantitative estimate of drug-likeness (QED) is 0.623. The Hall–Kier alpha value is -2.60. The van der Waals surface area contributed by atoms with E-state index in [9.17, 15) is 14.9 Å². The molecule has 0 fully saturated rings. The van der Waals surface area contributed by atoms with Crippen LogP contribution in [0.5, 0.6) is 5.75 Å². The molecule has 7 heteroatoms. The Kier molecular flexibility index (Phi) is 5.64. The summed E-state index contributed by atoms with van der Waals surface area (Å²) in [5.41, 5.74) is 2.75. The average Bonchev–Trinajstić information content (AvgIpc) is 2.54. The summed E-state index contributed by atoms with van der Waals surface area (Å²) in [6.45, 7) is 7.09. The van der Waals surface area contributed by atoms with Gasteiger partial charge < -0.3 is 10.1 Å². The molecule has 0 unspecified atom stereocenters. The Morgan fingerprint density at radius 2 is 1.76 bits per heavy atom. The van der Waals surface area contributed by atoms with E-state index < -0.39 is 16.9 Å². The van der Waals surface area contributed by atoms with Crippen molar-refractivity contribution >= 4 is 28.9 Å². The molecule has 1 amide bonds. The van der Waals surface area contributed by atoms with Crippen LogP contribution in [0.4, 0.5) is 11.4 Å². The number of aryl methyl sites for hydroxylation is 3. The van der Waals surface area contributed by atoms with E-state index in [0.29, 0.717) is 16.5 Å². The Labute approximate surface area is 150 Å². The van der Waals surface area contributed by atoms with Crippen LogP contribution in [0.25, 0.3) is 0 Å². The van der Waals surface area contributed by atoms with E-state index in [-0.39, 0.29) is 5.69 Å². The van der Waals surface area contributed by atoms with Crippen LogP contribution < -0.4 is 10.1 Å². The van der Waals surface area contributed by atoms with Gasteiger partial charge >= 0.3 is 0 Å². The molecular weight excluding hydrogens is 344 g/mol. The molecule has 0 aliphatic carbocycles. The van der Waals surface area contributed by atoms with Gasteiger partial charge in [-0.25, -0.2) is 0 Å². The van der Waals surface area contributed by atoms with Crippen LogP contribution in [0.3, 0.4) is 0 Å². The van der Waals surface area contributed by atoms with Crippen molar-refractivity contribution in [2.45, 2.75) is 33.8 Å². The van der Waals surface area contributed by atoms with Crippen molar-refractivity contribution < 1.29 is 14.5 Å². The number of nitro groups is 1. The van der Waals surface area contributed by atoms with Gasteiger partial charge in [0.25, 0.3) is 11.6 Å². The topological polar surface area (TPSA) is 81.5 Å². The molecule has 0 saturated carbocycles. The molecule has 132 valence electrons. The van der Waals surface area contributed by atoms with Gasteiger partial charge in [-0.15, -0.1) is 0 Å². The van der Waals surface area contributed by atoms with Crippen LogP contribution in [0.1, 0.15) is 23.6 Å². The predicted octanol–water partition coefficient (Wildman–Crippen LogP) is 4.58. The first-order valence-corrected chi connectivity index (χ1v) is 8.06. The van der Waals surface area contributed by atoms with E-state index in [1.54, 1.807) is 32.0 Å². The predicted molar refractivity (Wildman–Crippen MR) is 97.5 cm³/mol. The van der Waals surface area contributed by atoms with Gasteiger partial charge in [-0.2, -0.15) is 0 Å². The zero-order valence-electron chi connectivity index (χ0n) is 14.4.